The van der Waals surface area contributed by atoms with Crippen molar-refractivity contribution in [1.29, 1.82) is 0 Å². The minimum atomic E-state index is -0.560. The molecule has 0 unspecified atom stereocenters. The van der Waals surface area contributed by atoms with Gasteiger partial charge < -0.3 is 0 Å². The highest BCUT2D eigenvalue weighted by Gasteiger charge is 2.40. The standard InChI is InChI=1S/C20H23ClN2O3/c1-2-3-14-22-18(24)17(12-7-11-16-9-5-4-6-10-16)19(25)23(20(22)26)15-8-13-21/h4-7,9-12H,2-3,8,13-15H2,1H3/b11-7+,17-12-. The molecule has 1 fully saturated rings. The van der Waals surface area contributed by atoms with E-state index in [0.29, 0.717) is 25.3 Å². The van der Waals surface area contributed by atoms with E-state index in [9.17, 15) is 14.4 Å². The first-order valence-corrected chi connectivity index (χ1v) is 9.30. The van der Waals surface area contributed by atoms with Crippen LogP contribution in [0.1, 0.15) is 31.7 Å². The molecule has 0 bridgehead atoms. The summed E-state index contributed by atoms with van der Waals surface area (Å²) in [5.41, 5.74) is 0.959. The number of barbiturate groups is 1. The summed E-state index contributed by atoms with van der Waals surface area (Å²) >= 11 is 5.70. The van der Waals surface area contributed by atoms with Gasteiger partial charge in [0.25, 0.3) is 11.8 Å². The molecular weight excluding hydrogens is 352 g/mol. The van der Waals surface area contributed by atoms with E-state index in [1.165, 1.54) is 6.08 Å². The third-order valence-electron chi connectivity index (χ3n) is 4.01. The third-order valence-corrected chi connectivity index (χ3v) is 4.28. The van der Waals surface area contributed by atoms with Crippen LogP contribution in [0.3, 0.4) is 0 Å². The SMILES string of the molecule is CCCCN1C(=O)/C(=C/C=C/c2ccccc2)C(=O)N(CCCCl)C1=O. The van der Waals surface area contributed by atoms with E-state index in [0.717, 1.165) is 21.8 Å². The highest BCUT2D eigenvalue weighted by Crippen LogP contribution is 2.19. The lowest BCUT2D eigenvalue weighted by molar-refractivity contribution is -0.135. The lowest BCUT2D eigenvalue weighted by atomic mass is 10.1. The average Bonchev–Trinajstić information content (AvgIpc) is 2.65. The number of imide groups is 2. The Balaban J connectivity index is 2.27. The molecular formula is C20H23ClN2O3. The monoisotopic (exact) mass is 374 g/mol. The highest BCUT2D eigenvalue weighted by molar-refractivity contribution is 6.28. The van der Waals surface area contributed by atoms with Crippen LogP contribution in [0.5, 0.6) is 0 Å². The molecule has 1 aliphatic rings. The summed E-state index contributed by atoms with van der Waals surface area (Å²) < 4.78 is 0. The predicted molar refractivity (Wildman–Crippen MR) is 103 cm³/mol. The van der Waals surface area contributed by atoms with Crippen LogP contribution >= 0.6 is 11.6 Å². The Morgan fingerprint density at radius 2 is 1.58 bits per heavy atom. The van der Waals surface area contributed by atoms with E-state index in [4.69, 9.17) is 11.6 Å². The molecule has 0 radical (unpaired) electrons. The Kier molecular flexibility index (Phi) is 7.60. The van der Waals surface area contributed by atoms with Gasteiger partial charge in [0, 0.05) is 19.0 Å². The molecule has 1 aromatic carbocycles. The number of carbonyl (C=O) groups is 3. The van der Waals surface area contributed by atoms with Crippen molar-refractivity contribution < 1.29 is 14.4 Å². The minimum absolute atomic E-state index is 0.00227. The van der Waals surface area contributed by atoms with Crippen LogP contribution in [-0.4, -0.2) is 46.6 Å². The first-order chi connectivity index (χ1) is 12.6. The summed E-state index contributed by atoms with van der Waals surface area (Å²) in [6, 6.07) is 9.01. The summed E-state index contributed by atoms with van der Waals surface area (Å²) in [5.74, 6) is -0.753. The van der Waals surface area contributed by atoms with Crippen molar-refractivity contribution in [3.8, 4) is 0 Å². The molecule has 0 spiro atoms. The molecule has 0 aliphatic carbocycles. The first-order valence-electron chi connectivity index (χ1n) is 8.77. The van der Waals surface area contributed by atoms with Gasteiger partial charge in [0.2, 0.25) is 0 Å². The molecule has 138 valence electrons. The Bertz CT molecular complexity index is 681. The molecule has 4 amide bonds. The van der Waals surface area contributed by atoms with Gasteiger partial charge in [-0.1, -0.05) is 55.8 Å². The zero-order chi connectivity index (χ0) is 18.9. The Hall–Kier alpha value is -2.40. The summed E-state index contributed by atoms with van der Waals surface area (Å²) in [7, 11) is 0. The number of hydrogen-bond acceptors (Lipinski definition) is 3. The Morgan fingerprint density at radius 1 is 0.962 bits per heavy atom. The van der Waals surface area contributed by atoms with Gasteiger partial charge in [-0.05, 0) is 24.5 Å². The van der Waals surface area contributed by atoms with Gasteiger partial charge in [-0.15, -0.1) is 11.6 Å². The molecule has 26 heavy (non-hydrogen) atoms. The lowest BCUT2D eigenvalue weighted by Crippen LogP contribution is -2.56. The summed E-state index contributed by atoms with van der Waals surface area (Å²) in [6.45, 7) is 2.49. The fourth-order valence-electron chi connectivity index (χ4n) is 2.59. The molecule has 0 N–H and O–H groups in total. The van der Waals surface area contributed by atoms with E-state index >= 15 is 0 Å². The van der Waals surface area contributed by atoms with E-state index in [2.05, 4.69) is 0 Å². The number of amides is 4. The fourth-order valence-corrected chi connectivity index (χ4v) is 2.71. The fraction of sp³-hybridized carbons (Fsp3) is 0.350. The number of alkyl halides is 1. The zero-order valence-corrected chi connectivity index (χ0v) is 15.6. The van der Waals surface area contributed by atoms with Gasteiger partial charge >= 0.3 is 6.03 Å². The molecule has 5 nitrogen and oxygen atoms in total. The number of rotatable bonds is 8. The second-order valence-corrected chi connectivity index (χ2v) is 6.32. The minimum Gasteiger partial charge on any atom is -0.268 e. The van der Waals surface area contributed by atoms with Crippen molar-refractivity contribution in [1.82, 2.24) is 9.80 Å². The average molecular weight is 375 g/mol. The molecule has 0 aromatic heterocycles. The molecule has 1 aliphatic heterocycles. The number of unbranched alkanes of at least 4 members (excludes halogenated alkanes) is 1. The lowest BCUT2D eigenvalue weighted by Gasteiger charge is -2.33. The third kappa shape index (κ3) is 4.82. The first kappa shape index (κ1) is 19.9. The number of urea groups is 1. The number of hydrogen-bond donors (Lipinski definition) is 0. The largest absolute Gasteiger partial charge is 0.333 e. The van der Waals surface area contributed by atoms with Crippen molar-refractivity contribution >= 4 is 35.5 Å². The Labute approximate surface area is 158 Å². The maximum atomic E-state index is 12.6. The van der Waals surface area contributed by atoms with Crippen LogP contribution in [0.25, 0.3) is 6.08 Å². The predicted octanol–water partition coefficient (Wildman–Crippen LogP) is 3.85. The van der Waals surface area contributed by atoms with Crippen molar-refractivity contribution in [2.75, 3.05) is 19.0 Å². The van der Waals surface area contributed by atoms with E-state index in [1.54, 1.807) is 6.08 Å². The summed E-state index contributed by atoms with van der Waals surface area (Å²) in [6.07, 6.45) is 6.98. The number of allylic oxidation sites excluding steroid dienone is 2. The summed E-state index contributed by atoms with van der Waals surface area (Å²) in [4.78, 5) is 40.1. The van der Waals surface area contributed by atoms with Gasteiger partial charge in [0.15, 0.2) is 0 Å². The van der Waals surface area contributed by atoms with Crippen LogP contribution in [-0.2, 0) is 9.59 Å². The molecule has 6 heteroatoms. The summed E-state index contributed by atoms with van der Waals surface area (Å²) in [5, 5.41) is 0. The van der Waals surface area contributed by atoms with Gasteiger partial charge in [0.1, 0.15) is 5.57 Å². The van der Waals surface area contributed by atoms with Gasteiger partial charge in [-0.25, -0.2) is 4.79 Å². The molecule has 1 heterocycles. The second-order valence-electron chi connectivity index (χ2n) is 5.94. The smallest absolute Gasteiger partial charge is 0.268 e. The van der Waals surface area contributed by atoms with Crippen LogP contribution in [0.15, 0.2) is 48.1 Å². The molecule has 1 aromatic rings. The topological polar surface area (TPSA) is 57.7 Å². The molecule has 0 atom stereocenters. The van der Waals surface area contributed by atoms with Crippen molar-refractivity contribution in [3.63, 3.8) is 0 Å². The van der Waals surface area contributed by atoms with Gasteiger partial charge in [0.05, 0.1) is 0 Å². The van der Waals surface area contributed by atoms with Crippen LogP contribution in [0, 0.1) is 0 Å². The van der Waals surface area contributed by atoms with Crippen molar-refractivity contribution in [2.24, 2.45) is 0 Å². The van der Waals surface area contributed by atoms with Crippen LogP contribution < -0.4 is 0 Å². The molecule has 1 saturated heterocycles. The molecule has 2 rings (SSSR count). The number of benzene rings is 1. The second kappa shape index (κ2) is 9.92. The zero-order valence-electron chi connectivity index (χ0n) is 14.9. The van der Waals surface area contributed by atoms with E-state index < -0.39 is 17.8 Å². The quantitative estimate of drug-likeness (QED) is 0.394. The molecule has 0 saturated carbocycles. The van der Waals surface area contributed by atoms with Crippen molar-refractivity contribution in [2.45, 2.75) is 26.2 Å². The number of nitrogens with zero attached hydrogens (tertiary/aromatic N) is 2. The number of carbonyl (C=O) groups excluding carboxylic acids is 3. The van der Waals surface area contributed by atoms with E-state index in [1.807, 2.05) is 43.3 Å². The van der Waals surface area contributed by atoms with Crippen molar-refractivity contribution in [3.05, 3.63) is 53.6 Å². The van der Waals surface area contributed by atoms with Gasteiger partial charge in [-0.3, -0.25) is 19.4 Å². The normalized spacial score (nSPS) is 17.0. The maximum absolute atomic E-state index is 12.6. The van der Waals surface area contributed by atoms with E-state index in [-0.39, 0.29) is 12.1 Å². The van der Waals surface area contributed by atoms with Crippen LogP contribution in [0.2, 0.25) is 0 Å². The number of halogens is 1. The highest BCUT2D eigenvalue weighted by atomic mass is 35.5. The Morgan fingerprint density at radius 3 is 2.15 bits per heavy atom. The van der Waals surface area contributed by atoms with Gasteiger partial charge in [-0.2, -0.15) is 0 Å². The maximum Gasteiger partial charge on any atom is 0.333 e. The van der Waals surface area contributed by atoms with Crippen LogP contribution in [0.4, 0.5) is 4.79 Å².